The third-order valence-corrected chi connectivity index (χ3v) is 4.43. The van der Waals surface area contributed by atoms with Gasteiger partial charge in [0.2, 0.25) is 0 Å². The molecular formula is C12H19NOS. The first-order valence-electron chi connectivity index (χ1n) is 5.71. The predicted octanol–water partition coefficient (Wildman–Crippen LogP) is 2.87. The Kier molecular flexibility index (Phi) is 3.12. The first-order valence-corrected chi connectivity index (χ1v) is 6.59. The lowest BCUT2D eigenvalue weighted by Crippen LogP contribution is -2.43. The molecule has 1 aromatic rings. The van der Waals surface area contributed by atoms with Gasteiger partial charge in [0.25, 0.3) is 0 Å². The number of aromatic nitrogens is 1. The summed E-state index contributed by atoms with van der Waals surface area (Å²) in [5.74, 6) is 1.05. The topological polar surface area (TPSA) is 33.1 Å². The highest BCUT2D eigenvalue weighted by molar-refractivity contribution is 7.09. The fourth-order valence-electron chi connectivity index (χ4n) is 2.56. The molecule has 1 saturated carbocycles. The Morgan fingerprint density at radius 3 is 3.00 bits per heavy atom. The number of hydrogen-bond acceptors (Lipinski definition) is 3. The van der Waals surface area contributed by atoms with Crippen molar-refractivity contribution in [1.82, 2.24) is 4.98 Å². The maximum absolute atomic E-state index is 10.6. The van der Waals surface area contributed by atoms with E-state index in [2.05, 4.69) is 18.8 Å². The summed E-state index contributed by atoms with van der Waals surface area (Å²) in [5.41, 5.74) is -0.518. The molecule has 0 radical (unpaired) electrons. The van der Waals surface area contributed by atoms with Crippen molar-refractivity contribution in [1.29, 1.82) is 0 Å². The molecular weight excluding hydrogens is 206 g/mol. The molecule has 1 aliphatic carbocycles. The maximum atomic E-state index is 10.6. The van der Waals surface area contributed by atoms with Gasteiger partial charge in [0.05, 0.1) is 10.6 Å². The molecule has 3 heteroatoms. The van der Waals surface area contributed by atoms with Crippen LogP contribution >= 0.6 is 11.3 Å². The van der Waals surface area contributed by atoms with Crippen LogP contribution in [0.1, 0.15) is 38.1 Å². The summed E-state index contributed by atoms with van der Waals surface area (Å²) >= 11 is 1.65. The van der Waals surface area contributed by atoms with E-state index in [0.717, 1.165) is 24.3 Å². The average Bonchev–Trinajstić information content (AvgIpc) is 2.64. The lowest BCUT2D eigenvalue weighted by molar-refractivity contribution is -0.0560. The van der Waals surface area contributed by atoms with Crippen molar-refractivity contribution < 1.29 is 5.11 Å². The highest BCUT2D eigenvalue weighted by Crippen LogP contribution is 2.39. The van der Waals surface area contributed by atoms with E-state index in [4.69, 9.17) is 0 Å². The molecule has 0 aliphatic heterocycles. The standard InChI is InChI=1S/C12H19NOS/c1-9-3-4-10(2)12(14,7-9)8-11-13-5-6-15-11/h5-6,9-10,14H,3-4,7-8H2,1-2H3. The summed E-state index contributed by atoms with van der Waals surface area (Å²) < 4.78 is 0. The molecule has 1 aromatic heterocycles. The maximum Gasteiger partial charge on any atom is 0.0953 e. The van der Waals surface area contributed by atoms with Gasteiger partial charge in [0, 0.05) is 18.0 Å². The van der Waals surface area contributed by atoms with Gasteiger partial charge in [-0.15, -0.1) is 11.3 Å². The van der Waals surface area contributed by atoms with Gasteiger partial charge in [-0.3, -0.25) is 0 Å². The van der Waals surface area contributed by atoms with Crippen molar-refractivity contribution in [2.24, 2.45) is 11.8 Å². The highest BCUT2D eigenvalue weighted by Gasteiger charge is 2.39. The summed E-state index contributed by atoms with van der Waals surface area (Å²) in [6.07, 6.45) is 5.87. The average molecular weight is 225 g/mol. The quantitative estimate of drug-likeness (QED) is 0.839. The lowest BCUT2D eigenvalue weighted by Gasteiger charge is -2.40. The van der Waals surface area contributed by atoms with E-state index < -0.39 is 5.60 Å². The van der Waals surface area contributed by atoms with Gasteiger partial charge in [-0.25, -0.2) is 4.98 Å². The van der Waals surface area contributed by atoms with Crippen molar-refractivity contribution in [2.45, 2.75) is 45.1 Å². The van der Waals surface area contributed by atoms with Gasteiger partial charge in [0.1, 0.15) is 0 Å². The van der Waals surface area contributed by atoms with Gasteiger partial charge >= 0.3 is 0 Å². The van der Waals surface area contributed by atoms with E-state index in [1.165, 1.54) is 6.42 Å². The molecule has 0 bridgehead atoms. The third-order valence-electron chi connectivity index (χ3n) is 3.65. The molecule has 0 spiro atoms. The second kappa shape index (κ2) is 4.22. The molecule has 2 rings (SSSR count). The van der Waals surface area contributed by atoms with Crippen LogP contribution in [0.4, 0.5) is 0 Å². The minimum absolute atomic E-state index is 0.401. The van der Waals surface area contributed by atoms with Crippen LogP contribution in [0.25, 0.3) is 0 Å². The van der Waals surface area contributed by atoms with Crippen LogP contribution < -0.4 is 0 Å². The molecule has 0 saturated heterocycles. The van der Waals surface area contributed by atoms with Crippen molar-refractivity contribution in [3.05, 3.63) is 16.6 Å². The summed E-state index contributed by atoms with van der Waals surface area (Å²) in [4.78, 5) is 4.27. The third kappa shape index (κ3) is 2.40. The van der Waals surface area contributed by atoms with Crippen molar-refractivity contribution in [2.75, 3.05) is 0 Å². The summed E-state index contributed by atoms with van der Waals surface area (Å²) in [6.45, 7) is 4.40. The largest absolute Gasteiger partial charge is 0.389 e. The van der Waals surface area contributed by atoms with Crippen LogP contribution in [-0.2, 0) is 6.42 Å². The molecule has 1 fully saturated rings. The Bertz CT molecular complexity index is 311. The lowest BCUT2D eigenvalue weighted by atomic mass is 9.71. The summed E-state index contributed by atoms with van der Waals surface area (Å²) in [6, 6.07) is 0. The molecule has 3 unspecified atom stereocenters. The Morgan fingerprint density at radius 1 is 1.53 bits per heavy atom. The molecule has 1 aliphatic rings. The Balaban J connectivity index is 2.09. The first-order chi connectivity index (χ1) is 7.10. The van der Waals surface area contributed by atoms with E-state index >= 15 is 0 Å². The number of rotatable bonds is 2. The molecule has 15 heavy (non-hydrogen) atoms. The normalized spacial score (nSPS) is 36.7. The Labute approximate surface area is 95.4 Å². The molecule has 1 heterocycles. The van der Waals surface area contributed by atoms with Crippen LogP contribution in [0, 0.1) is 11.8 Å². The molecule has 3 atom stereocenters. The predicted molar refractivity (Wildman–Crippen MR) is 62.9 cm³/mol. The van der Waals surface area contributed by atoms with Crippen LogP contribution in [0.2, 0.25) is 0 Å². The molecule has 1 N–H and O–H groups in total. The van der Waals surface area contributed by atoms with E-state index in [9.17, 15) is 5.11 Å². The monoisotopic (exact) mass is 225 g/mol. The highest BCUT2D eigenvalue weighted by atomic mass is 32.1. The molecule has 0 amide bonds. The second-order valence-electron chi connectivity index (χ2n) is 4.99. The van der Waals surface area contributed by atoms with Gasteiger partial charge in [-0.05, 0) is 24.7 Å². The zero-order chi connectivity index (χ0) is 10.9. The minimum atomic E-state index is -0.518. The van der Waals surface area contributed by atoms with Crippen molar-refractivity contribution in [3.8, 4) is 0 Å². The van der Waals surface area contributed by atoms with Crippen LogP contribution in [-0.4, -0.2) is 15.7 Å². The molecule has 84 valence electrons. The van der Waals surface area contributed by atoms with Crippen LogP contribution in [0.15, 0.2) is 11.6 Å². The summed E-state index contributed by atoms with van der Waals surface area (Å²) in [5, 5.41) is 13.7. The van der Waals surface area contributed by atoms with Gasteiger partial charge < -0.3 is 5.11 Å². The van der Waals surface area contributed by atoms with E-state index in [-0.39, 0.29) is 0 Å². The van der Waals surface area contributed by atoms with E-state index in [1.807, 2.05) is 11.6 Å². The zero-order valence-corrected chi connectivity index (χ0v) is 10.3. The van der Waals surface area contributed by atoms with Gasteiger partial charge in [-0.2, -0.15) is 0 Å². The number of nitrogens with zero attached hydrogens (tertiary/aromatic N) is 1. The molecule has 0 aromatic carbocycles. The fourth-order valence-corrected chi connectivity index (χ4v) is 3.29. The number of aliphatic hydroxyl groups is 1. The van der Waals surface area contributed by atoms with Gasteiger partial charge in [-0.1, -0.05) is 20.3 Å². The van der Waals surface area contributed by atoms with E-state index in [0.29, 0.717) is 11.8 Å². The number of thiazole rings is 1. The fraction of sp³-hybridized carbons (Fsp3) is 0.750. The zero-order valence-electron chi connectivity index (χ0n) is 9.44. The van der Waals surface area contributed by atoms with Crippen molar-refractivity contribution >= 4 is 11.3 Å². The van der Waals surface area contributed by atoms with Gasteiger partial charge in [0.15, 0.2) is 0 Å². The minimum Gasteiger partial charge on any atom is -0.389 e. The Morgan fingerprint density at radius 2 is 2.33 bits per heavy atom. The second-order valence-corrected chi connectivity index (χ2v) is 5.97. The van der Waals surface area contributed by atoms with Crippen LogP contribution in [0.3, 0.4) is 0 Å². The number of hydrogen-bond donors (Lipinski definition) is 1. The SMILES string of the molecule is CC1CCC(C)C(O)(Cc2nccs2)C1. The summed E-state index contributed by atoms with van der Waals surface area (Å²) in [7, 11) is 0. The molecule has 2 nitrogen and oxygen atoms in total. The van der Waals surface area contributed by atoms with Crippen molar-refractivity contribution in [3.63, 3.8) is 0 Å². The smallest absolute Gasteiger partial charge is 0.0953 e. The Hall–Kier alpha value is -0.410. The van der Waals surface area contributed by atoms with E-state index in [1.54, 1.807) is 11.3 Å². The van der Waals surface area contributed by atoms with Crippen LogP contribution in [0.5, 0.6) is 0 Å². The first kappa shape index (κ1) is 11.1.